The fourth-order valence-electron chi connectivity index (χ4n) is 4.91. The molecule has 0 radical (unpaired) electrons. The van der Waals surface area contributed by atoms with Crippen LogP contribution in [0.15, 0.2) is 48.5 Å². The van der Waals surface area contributed by atoms with Crippen molar-refractivity contribution >= 4 is 11.9 Å². The van der Waals surface area contributed by atoms with Crippen LogP contribution in [-0.2, 0) is 11.3 Å². The van der Waals surface area contributed by atoms with Gasteiger partial charge < -0.3 is 19.5 Å². The highest BCUT2D eigenvalue weighted by atomic mass is 19.4. The highest BCUT2D eigenvalue weighted by Crippen LogP contribution is 2.41. The molecule has 214 valence electrons. The number of hydrogen-bond acceptors (Lipinski definition) is 5. The number of halogens is 3. The number of rotatable bonds is 7. The summed E-state index contributed by atoms with van der Waals surface area (Å²) in [6, 6.07) is 15.9. The Morgan fingerprint density at radius 1 is 1.03 bits per heavy atom. The predicted molar refractivity (Wildman–Crippen MR) is 141 cm³/mol. The number of amides is 1. The van der Waals surface area contributed by atoms with Crippen LogP contribution in [0.3, 0.4) is 0 Å². The van der Waals surface area contributed by atoms with E-state index in [-0.39, 0.29) is 11.3 Å². The molecule has 2 aliphatic heterocycles. The largest absolute Gasteiger partial charge is 0.497 e. The molecule has 39 heavy (non-hydrogen) atoms. The first kappa shape index (κ1) is 30.3. The molecule has 2 aromatic carbocycles. The summed E-state index contributed by atoms with van der Waals surface area (Å²) in [4.78, 5) is 26.5. The van der Waals surface area contributed by atoms with E-state index in [1.807, 2.05) is 29.2 Å². The van der Waals surface area contributed by atoms with E-state index < -0.39 is 12.1 Å². The topological polar surface area (TPSA) is 79.3 Å². The first-order chi connectivity index (χ1) is 18.4. The number of nitrogens with zero attached hydrogens (tertiary/aromatic N) is 2. The van der Waals surface area contributed by atoms with E-state index in [4.69, 9.17) is 19.4 Å². The van der Waals surface area contributed by atoms with Crippen molar-refractivity contribution < 1.29 is 37.3 Å². The number of likely N-dealkylation sites (tertiary alicyclic amines) is 2. The molecule has 7 nitrogen and oxygen atoms in total. The maximum atomic E-state index is 13.0. The third kappa shape index (κ3) is 8.61. The number of hydrogen-bond donors (Lipinski definition) is 1. The van der Waals surface area contributed by atoms with Crippen LogP contribution < -0.4 is 9.47 Å². The number of aliphatic carboxylic acids is 1. The zero-order chi connectivity index (χ0) is 28.6. The number of piperidine rings is 1. The lowest BCUT2D eigenvalue weighted by Crippen LogP contribution is -2.42. The Bertz CT molecular complexity index is 1110. The van der Waals surface area contributed by atoms with Crippen LogP contribution in [0, 0.1) is 11.3 Å². The average molecular weight is 551 g/mol. The van der Waals surface area contributed by atoms with Gasteiger partial charge in [0.25, 0.3) is 5.91 Å². The Morgan fingerprint density at radius 2 is 1.67 bits per heavy atom. The Morgan fingerprint density at radius 3 is 2.28 bits per heavy atom. The van der Waals surface area contributed by atoms with Crippen LogP contribution >= 0.6 is 0 Å². The maximum Gasteiger partial charge on any atom is 0.490 e. The predicted octanol–water partition coefficient (Wildman–Crippen LogP) is 5.49. The third-order valence-corrected chi connectivity index (χ3v) is 7.14. The normalized spacial score (nSPS) is 17.1. The lowest BCUT2D eigenvalue weighted by Gasteiger charge is -2.39. The minimum absolute atomic E-state index is 0.124. The van der Waals surface area contributed by atoms with Gasteiger partial charge in [-0.3, -0.25) is 9.69 Å². The van der Waals surface area contributed by atoms with Gasteiger partial charge in [0.2, 0.25) is 0 Å². The van der Waals surface area contributed by atoms with Crippen molar-refractivity contribution in [1.29, 1.82) is 0 Å². The van der Waals surface area contributed by atoms with E-state index in [2.05, 4.69) is 43.0 Å². The molecule has 1 spiro atoms. The molecule has 2 aliphatic rings. The summed E-state index contributed by atoms with van der Waals surface area (Å²) in [5.41, 5.74) is 2.25. The van der Waals surface area contributed by atoms with Crippen molar-refractivity contribution in [2.24, 2.45) is 11.3 Å². The number of carbonyl (C=O) groups excluding carboxylic acids is 1. The molecule has 2 saturated heterocycles. The first-order valence-corrected chi connectivity index (χ1v) is 13.1. The molecule has 4 rings (SSSR count). The van der Waals surface area contributed by atoms with Crippen molar-refractivity contribution in [3.63, 3.8) is 0 Å². The molecule has 2 aromatic rings. The Balaban J connectivity index is 0.000000532. The smallest absolute Gasteiger partial charge is 0.490 e. The molecule has 0 aliphatic carbocycles. The number of ether oxygens (including phenoxy) is 2. The molecule has 1 N–H and O–H groups in total. The first-order valence-electron chi connectivity index (χ1n) is 13.1. The highest BCUT2D eigenvalue weighted by Gasteiger charge is 2.42. The zero-order valence-corrected chi connectivity index (χ0v) is 22.7. The van der Waals surface area contributed by atoms with Gasteiger partial charge in [-0.15, -0.1) is 0 Å². The molecule has 2 fully saturated rings. The highest BCUT2D eigenvalue weighted by molar-refractivity contribution is 5.94. The van der Waals surface area contributed by atoms with Crippen LogP contribution in [0.4, 0.5) is 13.2 Å². The van der Waals surface area contributed by atoms with Gasteiger partial charge in [-0.1, -0.05) is 38.1 Å². The van der Waals surface area contributed by atoms with E-state index in [0.717, 1.165) is 75.7 Å². The lowest BCUT2D eigenvalue weighted by atomic mass is 9.77. The summed E-state index contributed by atoms with van der Waals surface area (Å²) < 4.78 is 43.1. The van der Waals surface area contributed by atoms with Gasteiger partial charge in [0.05, 0.1) is 13.7 Å². The monoisotopic (exact) mass is 550 g/mol. The maximum absolute atomic E-state index is 13.0. The minimum Gasteiger partial charge on any atom is -0.497 e. The number of carboxylic acids is 1. The van der Waals surface area contributed by atoms with Gasteiger partial charge in [-0.2, -0.15) is 13.2 Å². The zero-order valence-electron chi connectivity index (χ0n) is 22.7. The Hall–Kier alpha value is -3.27. The molecule has 1 amide bonds. The molecular weight excluding hydrogens is 513 g/mol. The molecule has 0 atom stereocenters. The van der Waals surface area contributed by atoms with E-state index in [0.29, 0.717) is 5.92 Å². The minimum atomic E-state index is -5.08. The summed E-state index contributed by atoms with van der Waals surface area (Å²) in [6.07, 6.45) is -1.70. The van der Waals surface area contributed by atoms with Gasteiger partial charge in [0, 0.05) is 30.8 Å². The van der Waals surface area contributed by atoms with Crippen LogP contribution in [0.2, 0.25) is 0 Å². The number of carboxylic acid groups (broad SMARTS) is 1. The van der Waals surface area contributed by atoms with Crippen molar-refractivity contribution in [1.82, 2.24) is 9.80 Å². The molecule has 0 unspecified atom stereocenters. The molecule has 0 saturated carbocycles. The van der Waals surface area contributed by atoms with Crippen LogP contribution in [0.5, 0.6) is 11.5 Å². The lowest BCUT2D eigenvalue weighted by molar-refractivity contribution is -0.192. The number of alkyl halides is 3. The van der Waals surface area contributed by atoms with Crippen LogP contribution in [-0.4, -0.2) is 72.9 Å². The average Bonchev–Trinajstić information content (AvgIpc) is 3.32. The second-order valence-electron chi connectivity index (χ2n) is 10.6. The van der Waals surface area contributed by atoms with E-state index in [9.17, 15) is 18.0 Å². The summed E-state index contributed by atoms with van der Waals surface area (Å²) in [7, 11) is 1.64. The summed E-state index contributed by atoms with van der Waals surface area (Å²) in [6.45, 7) is 9.88. The molecule has 2 heterocycles. The SMILES string of the molecule is COc1cccc(C(=O)N2CCC3(CCN(Cc4ccccc4OCC(C)C)CC3)C2)c1.O=C(O)C(F)(F)F. The van der Waals surface area contributed by atoms with E-state index >= 15 is 0 Å². The van der Waals surface area contributed by atoms with Crippen LogP contribution in [0.1, 0.15) is 49.0 Å². The summed E-state index contributed by atoms with van der Waals surface area (Å²) in [5.74, 6) is -0.372. The van der Waals surface area contributed by atoms with Gasteiger partial charge in [0.15, 0.2) is 0 Å². The Labute approximate surface area is 227 Å². The van der Waals surface area contributed by atoms with Crippen molar-refractivity contribution in [2.75, 3.05) is 39.9 Å². The Kier molecular flexibility index (Phi) is 10.2. The standard InChI is InChI=1S/C27H36N2O3.C2HF3O2/c1-21(2)19-32-25-10-5-4-7-23(25)18-28-14-11-27(12-15-28)13-16-29(20-27)26(30)22-8-6-9-24(17-22)31-3;3-2(4,5)1(6)7/h4-10,17,21H,11-16,18-20H2,1-3H3;(H,6,7). The second kappa shape index (κ2) is 13.2. The third-order valence-electron chi connectivity index (χ3n) is 7.14. The van der Waals surface area contributed by atoms with Crippen molar-refractivity contribution in [3.05, 3.63) is 59.7 Å². The fraction of sp³-hybridized carbons (Fsp3) is 0.517. The quantitative estimate of drug-likeness (QED) is 0.491. The van der Waals surface area contributed by atoms with Gasteiger partial charge in [-0.05, 0) is 68.0 Å². The molecular formula is C29H37F3N2O5. The number of para-hydroxylation sites is 1. The second-order valence-corrected chi connectivity index (χ2v) is 10.6. The van der Waals surface area contributed by atoms with Gasteiger partial charge in [-0.25, -0.2) is 4.79 Å². The van der Waals surface area contributed by atoms with Crippen molar-refractivity contribution in [2.45, 2.75) is 45.8 Å². The van der Waals surface area contributed by atoms with E-state index in [1.54, 1.807) is 7.11 Å². The van der Waals surface area contributed by atoms with Gasteiger partial charge in [0.1, 0.15) is 11.5 Å². The van der Waals surface area contributed by atoms with Crippen molar-refractivity contribution in [3.8, 4) is 11.5 Å². The molecule has 0 bridgehead atoms. The summed E-state index contributed by atoms with van der Waals surface area (Å²) in [5, 5.41) is 7.12. The number of benzene rings is 2. The van der Waals surface area contributed by atoms with E-state index in [1.165, 1.54) is 5.56 Å². The van der Waals surface area contributed by atoms with Crippen LogP contribution in [0.25, 0.3) is 0 Å². The van der Waals surface area contributed by atoms with Gasteiger partial charge >= 0.3 is 12.1 Å². The number of carbonyl (C=O) groups is 2. The summed E-state index contributed by atoms with van der Waals surface area (Å²) >= 11 is 0. The molecule has 10 heteroatoms. The fourth-order valence-corrected chi connectivity index (χ4v) is 4.91. The molecule has 0 aromatic heterocycles. The number of methoxy groups -OCH3 is 1.